The van der Waals surface area contributed by atoms with Crippen LogP contribution < -0.4 is 20.7 Å². The minimum atomic E-state index is -2.93. The lowest BCUT2D eigenvalue weighted by Crippen LogP contribution is -2.67. The zero-order valence-electron chi connectivity index (χ0n) is 35.2. The number of nitrogens with zero attached hydrogens (tertiary/aromatic N) is 2. The average molecular weight is 874 g/mol. The van der Waals surface area contributed by atoms with Gasteiger partial charge in [0, 0.05) is 37.4 Å². The summed E-state index contributed by atoms with van der Waals surface area (Å²) in [7, 11) is -5.86. The van der Waals surface area contributed by atoms with Gasteiger partial charge in [-0.1, -0.05) is 174 Å². The van der Waals surface area contributed by atoms with Crippen LogP contribution >= 0.6 is 23.2 Å². The van der Waals surface area contributed by atoms with Crippen molar-refractivity contribution >= 4 is 60.6 Å². The fraction of sp³-hybridized carbons (Fsp3) is 0.320. The van der Waals surface area contributed by atoms with Gasteiger partial charge in [0.05, 0.1) is 12.2 Å². The van der Waals surface area contributed by atoms with Crippen LogP contribution in [0, 0.1) is 11.8 Å². The van der Waals surface area contributed by atoms with Crippen molar-refractivity contribution in [3.63, 3.8) is 0 Å². The van der Waals surface area contributed by atoms with Gasteiger partial charge in [-0.3, -0.25) is 0 Å². The van der Waals surface area contributed by atoms with Crippen molar-refractivity contribution in [1.82, 2.24) is 9.97 Å². The fourth-order valence-corrected chi connectivity index (χ4v) is 19.6. The highest BCUT2D eigenvalue weighted by atomic mass is 35.5. The molecule has 2 N–H and O–H groups in total. The zero-order valence-corrected chi connectivity index (χ0v) is 38.7. The van der Waals surface area contributed by atoms with Crippen molar-refractivity contribution in [1.29, 1.82) is 0 Å². The summed E-state index contributed by atoms with van der Waals surface area (Å²) in [5.41, 5.74) is 5.75. The van der Waals surface area contributed by atoms with Crippen LogP contribution in [0.3, 0.4) is 0 Å². The van der Waals surface area contributed by atoms with E-state index in [1.807, 2.05) is 12.1 Å². The molecule has 2 unspecified atom stereocenters. The number of benzene rings is 4. The molecule has 0 amide bonds. The largest absolute Gasteiger partial charge is 0.407 e. The van der Waals surface area contributed by atoms with Gasteiger partial charge < -0.3 is 19.1 Å². The van der Waals surface area contributed by atoms with Gasteiger partial charge in [0.15, 0.2) is 0 Å². The normalized spacial score (nSPS) is 20.9. The second kappa shape index (κ2) is 16.7. The first-order chi connectivity index (χ1) is 28.7. The van der Waals surface area contributed by atoms with Gasteiger partial charge in [-0.2, -0.15) is 0 Å². The van der Waals surface area contributed by atoms with E-state index in [4.69, 9.17) is 32.1 Å². The molecule has 310 valence electrons. The third-order valence-corrected chi connectivity index (χ3v) is 23.6. The first-order valence-corrected chi connectivity index (χ1v) is 25.5. The molecule has 2 aromatic heterocycles. The van der Waals surface area contributed by atoms with Gasteiger partial charge in [-0.05, 0) is 89.2 Å². The molecule has 60 heavy (non-hydrogen) atoms. The van der Waals surface area contributed by atoms with E-state index < -0.39 is 28.8 Å². The lowest BCUT2D eigenvalue weighted by Gasteiger charge is -2.44. The molecule has 10 heteroatoms. The third kappa shape index (κ3) is 7.53. The molecule has 0 radical (unpaired) electrons. The summed E-state index contributed by atoms with van der Waals surface area (Å²) in [6.45, 7) is 14.5. The maximum Gasteiger partial charge on any atom is 0.261 e. The van der Waals surface area contributed by atoms with Crippen molar-refractivity contribution in [3.8, 4) is 11.1 Å². The zero-order chi connectivity index (χ0) is 42.5. The predicted molar refractivity (Wildman–Crippen MR) is 249 cm³/mol. The molecule has 0 aliphatic heterocycles. The van der Waals surface area contributed by atoms with Crippen LogP contribution in [0.15, 0.2) is 134 Å². The number of aliphatic hydroxyl groups excluding tert-OH is 2. The van der Waals surface area contributed by atoms with Crippen molar-refractivity contribution < 1.29 is 19.1 Å². The molecule has 2 aliphatic carbocycles. The minimum absolute atomic E-state index is 0.128. The predicted octanol–water partition coefficient (Wildman–Crippen LogP) is 9.02. The molecule has 0 bridgehead atoms. The van der Waals surface area contributed by atoms with Crippen LogP contribution in [0.5, 0.6) is 0 Å². The monoisotopic (exact) mass is 872 g/mol. The molecule has 6 nitrogen and oxygen atoms in total. The Hall–Kier alpha value is -3.97. The molecule has 2 aliphatic rings. The Bertz CT molecular complexity index is 2270. The van der Waals surface area contributed by atoms with E-state index in [2.05, 4.69) is 161 Å². The first-order valence-electron chi connectivity index (χ1n) is 20.9. The number of pyridine rings is 2. The van der Waals surface area contributed by atoms with E-state index in [1.54, 1.807) is 12.4 Å². The summed E-state index contributed by atoms with van der Waals surface area (Å²) in [5, 5.41) is 28.0. The van der Waals surface area contributed by atoms with E-state index in [0.29, 0.717) is 36.4 Å². The molecule has 8 rings (SSSR count). The lowest BCUT2D eigenvalue weighted by molar-refractivity contribution is 0.0850. The molecule has 6 aromatic rings. The molecule has 6 atom stereocenters. The lowest BCUT2D eigenvalue weighted by atomic mass is 10.1. The summed E-state index contributed by atoms with van der Waals surface area (Å²) in [6, 6.07) is 42.9. The van der Waals surface area contributed by atoms with Crippen LogP contribution in [-0.4, -0.2) is 50.0 Å². The minimum Gasteiger partial charge on any atom is -0.407 e. The second-order valence-corrected chi connectivity index (χ2v) is 27.9. The highest BCUT2D eigenvalue weighted by Crippen LogP contribution is 2.44. The van der Waals surface area contributed by atoms with Crippen molar-refractivity contribution in [3.05, 3.63) is 166 Å². The Morgan fingerprint density at radius 2 is 0.850 bits per heavy atom. The number of aliphatic hydroxyl groups is 2. The smallest absolute Gasteiger partial charge is 0.261 e. The standard InChI is InChI=1S/C50H54Cl2N2O4Si2/c1-49(2,3)59(37-13-9-7-10-14-37,57-31-35-29-43-41(45(35)55)25-27-53-47(43)51)39-21-17-33(18-22-39)34-19-23-40(24-20-34)60(50(4,5)6,38-15-11-8-12-16-38)58-32-36-30-44-42(46(36)56)26-28-54-48(44)52/h7-28,35-36,45-46,55-56H,29-32H2,1-6H3/t35-,36-,45-,46+,59?,60?/m0/s1. The summed E-state index contributed by atoms with van der Waals surface area (Å²) >= 11 is 13.0. The van der Waals surface area contributed by atoms with Gasteiger partial charge in [0.1, 0.15) is 10.3 Å². The number of fused-ring (bicyclic) bond motifs is 2. The van der Waals surface area contributed by atoms with Crippen molar-refractivity contribution in [2.45, 2.75) is 76.7 Å². The van der Waals surface area contributed by atoms with E-state index in [9.17, 15) is 10.2 Å². The Kier molecular flexibility index (Phi) is 11.9. The van der Waals surface area contributed by atoms with Crippen LogP contribution in [0.2, 0.25) is 20.4 Å². The summed E-state index contributed by atoms with van der Waals surface area (Å²) in [4.78, 5) is 8.55. The molecular formula is C50H54Cl2N2O4Si2. The molecule has 4 aromatic carbocycles. The molecule has 0 spiro atoms. The first kappa shape index (κ1) is 42.7. The van der Waals surface area contributed by atoms with E-state index in [0.717, 1.165) is 33.4 Å². The molecule has 2 heterocycles. The van der Waals surface area contributed by atoms with Crippen molar-refractivity contribution in [2.75, 3.05) is 13.2 Å². The Morgan fingerprint density at radius 3 is 1.17 bits per heavy atom. The maximum atomic E-state index is 11.4. The van der Waals surface area contributed by atoms with Gasteiger partial charge in [0.2, 0.25) is 0 Å². The number of hydrogen-bond acceptors (Lipinski definition) is 6. The highest BCUT2D eigenvalue weighted by Gasteiger charge is 2.52. The number of rotatable bonds is 11. The summed E-state index contributed by atoms with van der Waals surface area (Å²) in [5.74, 6) is -0.257. The SMILES string of the molecule is CC(C)(C)[Si](OC[C@@H]1Cc2c(ccnc2Cl)[C@H]1O)(c1ccccc1)c1ccc(-c2ccc([Si](OC[C@@H]3Cc4c(ccnc4Cl)[C@@H]3O)(c3ccccc3)C(C)(C)C)cc2)cc1. The topological polar surface area (TPSA) is 84.7 Å². The Morgan fingerprint density at radius 1 is 0.517 bits per heavy atom. The molecule has 0 saturated carbocycles. The molecule has 0 fully saturated rings. The summed E-state index contributed by atoms with van der Waals surface area (Å²) in [6.07, 6.45) is 3.25. The average Bonchev–Trinajstić information content (AvgIpc) is 3.75. The second-order valence-electron chi connectivity index (χ2n) is 18.5. The summed E-state index contributed by atoms with van der Waals surface area (Å²) < 4.78 is 14.7. The molecule has 0 saturated heterocycles. The van der Waals surface area contributed by atoms with Gasteiger partial charge in [0.25, 0.3) is 16.6 Å². The van der Waals surface area contributed by atoms with Gasteiger partial charge in [-0.25, -0.2) is 9.97 Å². The Balaban J connectivity index is 1.11. The van der Waals surface area contributed by atoms with Gasteiger partial charge in [-0.15, -0.1) is 0 Å². The van der Waals surface area contributed by atoms with Crippen LogP contribution in [0.25, 0.3) is 11.1 Å². The van der Waals surface area contributed by atoms with Crippen LogP contribution in [-0.2, 0) is 21.7 Å². The Labute approximate surface area is 366 Å². The fourth-order valence-electron chi connectivity index (χ4n) is 9.91. The number of hydrogen-bond donors (Lipinski definition) is 2. The quantitative estimate of drug-likeness (QED) is 0.1000. The van der Waals surface area contributed by atoms with Gasteiger partial charge >= 0.3 is 0 Å². The maximum absolute atomic E-state index is 11.4. The van der Waals surface area contributed by atoms with Crippen LogP contribution in [0.1, 0.15) is 76.0 Å². The van der Waals surface area contributed by atoms with Crippen LogP contribution in [0.4, 0.5) is 0 Å². The van der Waals surface area contributed by atoms with E-state index in [1.165, 1.54) is 20.7 Å². The highest BCUT2D eigenvalue weighted by molar-refractivity contribution is 7.00. The third-order valence-electron chi connectivity index (χ3n) is 13.0. The van der Waals surface area contributed by atoms with E-state index in [-0.39, 0.29) is 21.9 Å². The number of aromatic nitrogens is 2. The molecular weight excluding hydrogens is 820 g/mol. The number of halogens is 2. The van der Waals surface area contributed by atoms with Crippen molar-refractivity contribution in [2.24, 2.45) is 11.8 Å². The van der Waals surface area contributed by atoms with E-state index >= 15 is 0 Å².